The number of ether oxygens (including phenoxy) is 1. The zero-order valence-corrected chi connectivity index (χ0v) is 19.2. The fourth-order valence-electron chi connectivity index (χ4n) is 3.21. The van der Waals surface area contributed by atoms with Gasteiger partial charge in [0.05, 0.1) is 17.2 Å². The number of halogens is 1. The topological polar surface area (TPSA) is 97.6 Å². The van der Waals surface area contributed by atoms with Gasteiger partial charge in [-0.05, 0) is 73.9 Å². The smallest absolute Gasteiger partial charge is 0.333 e. The van der Waals surface area contributed by atoms with E-state index < -0.39 is 23.3 Å². The van der Waals surface area contributed by atoms with Crippen molar-refractivity contribution in [1.29, 1.82) is 0 Å². The van der Waals surface area contributed by atoms with Gasteiger partial charge in [0.15, 0.2) is 0 Å². The van der Waals surface area contributed by atoms with Crippen molar-refractivity contribution in [2.75, 3.05) is 11.9 Å². The van der Waals surface area contributed by atoms with E-state index in [1.807, 2.05) is 0 Å². The molecule has 0 atom stereocenters. The maximum absolute atomic E-state index is 13.4. The van der Waals surface area contributed by atoms with Crippen LogP contribution in [-0.2, 0) is 20.9 Å². The molecule has 0 aliphatic rings. The van der Waals surface area contributed by atoms with Crippen molar-refractivity contribution in [3.8, 4) is 5.75 Å². The van der Waals surface area contributed by atoms with Crippen LogP contribution in [0.4, 0.5) is 10.1 Å². The van der Waals surface area contributed by atoms with E-state index in [0.717, 1.165) is 23.5 Å². The Labute approximate surface area is 193 Å². The summed E-state index contributed by atoms with van der Waals surface area (Å²) in [5, 5.41) is 12.5. The minimum Gasteiger partial charge on any atom is -0.507 e. The number of hydrogen-bond acceptors (Lipinski definition) is 6. The van der Waals surface area contributed by atoms with Crippen LogP contribution in [0.15, 0.2) is 41.2 Å². The van der Waals surface area contributed by atoms with Crippen molar-refractivity contribution in [3.05, 3.63) is 78.5 Å². The summed E-state index contributed by atoms with van der Waals surface area (Å²) in [4.78, 5) is 37.7. The lowest BCUT2D eigenvalue weighted by Crippen LogP contribution is -2.36. The summed E-state index contributed by atoms with van der Waals surface area (Å²) in [5.74, 6) is -1.52. The molecule has 0 saturated carbocycles. The highest BCUT2D eigenvalue weighted by Gasteiger charge is 2.12. The number of nitrogens with one attached hydrogen (secondary N) is 1. The maximum atomic E-state index is 13.4. The van der Waals surface area contributed by atoms with E-state index in [-0.39, 0.29) is 29.3 Å². The molecule has 0 fully saturated rings. The van der Waals surface area contributed by atoms with E-state index in [1.165, 1.54) is 22.8 Å². The van der Waals surface area contributed by atoms with Gasteiger partial charge in [-0.25, -0.2) is 9.18 Å². The molecule has 1 heterocycles. The van der Waals surface area contributed by atoms with Gasteiger partial charge in [0.25, 0.3) is 5.56 Å². The van der Waals surface area contributed by atoms with Crippen molar-refractivity contribution >= 4 is 41.1 Å². The molecule has 0 aliphatic heterocycles. The Morgan fingerprint density at radius 1 is 1.21 bits per heavy atom. The summed E-state index contributed by atoms with van der Waals surface area (Å²) in [6.07, 6.45) is 2.80. The molecule has 2 aromatic carbocycles. The fraction of sp³-hybridized carbons (Fsp3) is 0.208. The van der Waals surface area contributed by atoms with Gasteiger partial charge in [0.2, 0.25) is 5.91 Å². The van der Waals surface area contributed by atoms with E-state index in [1.54, 1.807) is 39.0 Å². The Kier molecular flexibility index (Phi) is 7.44. The van der Waals surface area contributed by atoms with Gasteiger partial charge in [0.1, 0.15) is 22.8 Å². The first-order valence-electron chi connectivity index (χ1n) is 10.1. The summed E-state index contributed by atoms with van der Waals surface area (Å²) in [6.45, 7) is 4.95. The van der Waals surface area contributed by atoms with Crippen LogP contribution < -0.4 is 20.1 Å². The van der Waals surface area contributed by atoms with Gasteiger partial charge in [-0.1, -0.05) is 6.07 Å². The first-order chi connectivity index (χ1) is 15.7. The van der Waals surface area contributed by atoms with Crippen LogP contribution in [-0.4, -0.2) is 28.2 Å². The molecule has 0 aliphatic carbocycles. The minimum atomic E-state index is -0.638. The highest BCUT2D eigenvalue weighted by Crippen LogP contribution is 2.23. The number of phenols is 1. The molecule has 0 unspecified atom stereocenters. The Hall–Kier alpha value is -3.72. The van der Waals surface area contributed by atoms with Crippen LogP contribution in [0.5, 0.6) is 5.75 Å². The van der Waals surface area contributed by atoms with Crippen LogP contribution in [0, 0.1) is 19.7 Å². The number of nitrogens with zero attached hydrogens (tertiary/aromatic N) is 1. The lowest BCUT2D eigenvalue weighted by Gasteiger charge is -2.06. The van der Waals surface area contributed by atoms with Crippen molar-refractivity contribution in [2.45, 2.75) is 27.3 Å². The van der Waals surface area contributed by atoms with Gasteiger partial charge < -0.3 is 15.2 Å². The number of thiazole rings is 1. The highest BCUT2D eigenvalue weighted by molar-refractivity contribution is 7.07. The minimum absolute atomic E-state index is 0.163. The number of phenolic OH excluding ortho intramolecular Hbond substituents is 1. The monoisotopic (exact) mass is 470 g/mol. The van der Waals surface area contributed by atoms with Gasteiger partial charge in [-0.2, -0.15) is 0 Å². The van der Waals surface area contributed by atoms with Crippen molar-refractivity contribution in [3.63, 3.8) is 0 Å². The molecule has 7 nitrogen and oxygen atoms in total. The van der Waals surface area contributed by atoms with Crippen LogP contribution >= 0.6 is 11.3 Å². The second-order valence-corrected chi connectivity index (χ2v) is 8.36. The number of esters is 1. The van der Waals surface area contributed by atoms with E-state index >= 15 is 0 Å². The van der Waals surface area contributed by atoms with Crippen LogP contribution in [0.2, 0.25) is 0 Å². The van der Waals surface area contributed by atoms with E-state index in [4.69, 9.17) is 4.74 Å². The Morgan fingerprint density at radius 2 is 1.91 bits per heavy atom. The zero-order chi connectivity index (χ0) is 24.1. The van der Waals surface area contributed by atoms with Crippen molar-refractivity contribution < 1.29 is 23.8 Å². The third-order valence-electron chi connectivity index (χ3n) is 4.69. The number of hydrogen-bond donors (Lipinski definition) is 2. The number of aryl methyl sites for hydroxylation is 2. The average molecular weight is 471 g/mol. The van der Waals surface area contributed by atoms with Gasteiger partial charge in [-0.15, -0.1) is 11.3 Å². The molecule has 1 aromatic heterocycles. The summed E-state index contributed by atoms with van der Waals surface area (Å²) in [6, 6.07) is 8.86. The quantitative estimate of drug-likeness (QED) is 0.539. The molecule has 0 bridgehead atoms. The molecule has 172 valence electrons. The average Bonchev–Trinajstić information content (AvgIpc) is 3.00. The predicted octanol–water partition coefficient (Wildman–Crippen LogP) is 2.18. The molecular formula is C24H23FN2O5S. The summed E-state index contributed by atoms with van der Waals surface area (Å²) in [7, 11) is 0. The fourth-order valence-corrected chi connectivity index (χ4v) is 4.24. The van der Waals surface area contributed by atoms with E-state index in [2.05, 4.69) is 5.32 Å². The second kappa shape index (κ2) is 10.3. The number of anilines is 1. The SMILES string of the molecule is CCOC(=O)/C=c1\s/c(=C\c2cc(C)c(O)c(C)c2)c(=O)n1CC(=O)Nc1cccc(F)c1. The largest absolute Gasteiger partial charge is 0.507 e. The summed E-state index contributed by atoms with van der Waals surface area (Å²) in [5.41, 5.74) is 1.80. The van der Waals surface area contributed by atoms with Crippen LogP contribution in [0.1, 0.15) is 23.6 Å². The first-order valence-corrected chi connectivity index (χ1v) is 10.9. The molecule has 0 spiro atoms. The lowest BCUT2D eigenvalue weighted by atomic mass is 10.1. The summed E-state index contributed by atoms with van der Waals surface area (Å²) < 4.78 is 20.1. The Bertz CT molecular complexity index is 1370. The molecule has 3 rings (SSSR count). The molecule has 0 radical (unpaired) electrons. The predicted molar refractivity (Wildman–Crippen MR) is 125 cm³/mol. The third kappa shape index (κ3) is 5.95. The van der Waals surface area contributed by atoms with Crippen molar-refractivity contribution in [1.82, 2.24) is 4.57 Å². The lowest BCUT2D eigenvalue weighted by molar-refractivity contribution is -0.135. The molecule has 33 heavy (non-hydrogen) atoms. The molecule has 2 N–H and O–H groups in total. The number of aromatic nitrogens is 1. The van der Waals surface area contributed by atoms with Gasteiger partial charge in [-0.3, -0.25) is 14.2 Å². The van der Waals surface area contributed by atoms with E-state index in [0.29, 0.717) is 21.2 Å². The summed E-state index contributed by atoms with van der Waals surface area (Å²) >= 11 is 1.04. The van der Waals surface area contributed by atoms with Gasteiger partial charge >= 0.3 is 5.97 Å². The zero-order valence-electron chi connectivity index (χ0n) is 18.3. The number of carbonyl (C=O) groups is 2. The van der Waals surface area contributed by atoms with Crippen LogP contribution in [0.3, 0.4) is 0 Å². The van der Waals surface area contributed by atoms with Crippen LogP contribution in [0.25, 0.3) is 12.2 Å². The van der Waals surface area contributed by atoms with E-state index in [9.17, 15) is 23.9 Å². The maximum Gasteiger partial charge on any atom is 0.333 e. The van der Waals surface area contributed by atoms with Gasteiger partial charge in [0, 0.05) is 5.69 Å². The normalized spacial score (nSPS) is 12.1. The number of benzene rings is 2. The molecular weight excluding hydrogens is 447 g/mol. The molecule has 9 heteroatoms. The Morgan fingerprint density at radius 3 is 2.55 bits per heavy atom. The molecule has 0 saturated heterocycles. The standard InChI is InChI=1S/C24H23FN2O5S/c1-4-32-22(29)12-21-27(13-20(28)26-18-7-5-6-17(25)11-18)24(31)19(33-21)10-16-8-14(2)23(30)15(3)9-16/h5-12,30H,4,13H2,1-3H3,(H,26,28)/b19-10-,21-12-. The third-order valence-corrected chi connectivity index (χ3v) is 5.75. The number of aromatic hydroxyl groups is 1. The number of carbonyl (C=O) groups excluding carboxylic acids is 2. The van der Waals surface area contributed by atoms with Crippen molar-refractivity contribution in [2.24, 2.45) is 0 Å². The molecule has 1 amide bonds. The molecule has 3 aromatic rings. The Balaban J connectivity index is 2.04. The number of amides is 1. The number of rotatable bonds is 6. The first kappa shape index (κ1) is 23.9. The highest BCUT2D eigenvalue weighted by atomic mass is 32.1. The second-order valence-electron chi connectivity index (χ2n) is 7.30.